The van der Waals surface area contributed by atoms with Crippen LogP contribution in [-0.4, -0.2) is 23.0 Å². The fourth-order valence-electron chi connectivity index (χ4n) is 2.15. The molecule has 1 aromatic rings. The van der Waals surface area contributed by atoms with E-state index in [9.17, 15) is 4.79 Å². The van der Waals surface area contributed by atoms with Crippen molar-refractivity contribution >= 4 is 23.3 Å². The fourth-order valence-corrected chi connectivity index (χ4v) is 2.36. The standard InChI is InChI=1S/C14H20ClN3O/c1-3-7-16-12-9-10(8-11(15)17-12)13(19)18-14(2)5-4-6-14/h8-9H,3-7H2,1-2H3,(H,16,17)(H,18,19). The van der Waals surface area contributed by atoms with E-state index in [1.165, 1.54) is 6.42 Å². The van der Waals surface area contributed by atoms with E-state index in [0.29, 0.717) is 16.5 Å². The number of pyridine rings is 1. The SMILES string of the molecule is CCCNc1cc(C(=O)NC2(C)CCC2)cc(Cl)n1. The molecule has 0 saturated heterocycles. The molecule has 19 heavy (non-hydrogen) atoms. The van der Waals surface area contributed by atoms with Gasteiger partial charge in [-0.3, -0.25) is 4.79 Å². The molecule has 1 heterocycles. The number of carbonyl (C=O) groups is 1. The quantitative estimate of drug-likeness (QED) is 0.815. The Kier molecular flexibility index (Phi) is 4.30. The van der Waals surface area contributed by atoms with Gasteiger partial charge >= 0.3 is 0 Å². The van der Waals surface area contributed by atoms with Crippen molar-refractivity contribution in [1.82, 2.24) is 10.3 Å². The van der Waals surface area contributed by atoms with Gasteiger partial charge in [0.2, 0.25) is 0 Å². The van der Waals surface area contributed by atoms with Gasteiger partial charge in [-0.25, -0.2) is 4.98 Å². The molecule has 0 aliphatic heterocycles. The average Bonchev–Trinajstić information content (AvgIpc) is 2.33. The Bertz CT molecular complexity index is 472. The molecule has 0 spiro atoms. The summed E-state index contributed by atoms with van der Waals surface area (Å²) in [6.07, 6.45) is 4.25. The Hall–Kier alpha value is -1.29. The minimum absolute atomic E-state index is 0.0517. The smallest absolute Gasteiger partial charge is 0.251 e. The molecule has 0 radical (unpaired) electrons. The van der Waals surface area contributed by atoms with Crippen LogP contribution in [-0.2, 0) is 0 Å². The summed E-state index contributed by atoms with van der Waals surface area (Å²) >= 11 is 5.96. The van der Waals surface area contributed by atoms with E-state index < -0.39 is 0 Å². The Balaban J connectivity index is 2.09. The van der Waals surface area contributed by atoms with Crippen LogP contribution in [0.4, 0.5) is 5.82 Å². The Morgan fingerprint density at radius 3 is 2.79 bits per heavy atom. The van der Waals surface area contributed by atoms with Crippen molar-refractivity contribution < 1.29 is 4.79 Å². The average molecular weight is 282 g/mol. The molecule has 2 rings (SSSR count). The lowest BCUT2D eigenvalue weighted by Gasteiger charge is -2.39. The van der Waals surface area contributed by atoms with Crippen LogP contribution in [0.25, 0.3) is 0 Å². The molecule has 1 aliphatic rings. The van der Waals surface area contributed by atoms with Crippen LogP contribution < -0.4 is 10.6 Å². The largest absolute Gasteiger partial charge is 0.370 e. The van der Waals surface area contributed by atoms with Crippen molar-refractivity contribution in [2.24, 2.45) is 0 Å². The maximum absolute atomic E-state index is 12.2. The molecule has 1 aliphatic carbocycles. The van der Waals surface area contributed by atoms with E-state index in [0.717, 1.165) is 25.8 Å². The van der Waals surface area contributed by atoms with Crippen LogP contribution >= 0.6 is 11.6 Å². The summed E-state index contributed by atoms with van der Waals surface area (Å²) in [5, 5.41) is 6.55. The maximum atomic E-state index is 12.2. The molecule has 0 atom stereocenters. The predicted molar refractivity (Wildman–Crippen MR) is 77.7 cm³/mol. The molecule has 2 N–H and O–H groups in total. The van der Waals surface area contributed by atoms with Crippen LogP contribution in [0, 0.1) is 0 Å². The van der Waals surface area contributed by atoms with E-state index in [1.807, 2.05) is 0 Å². The van der Waals surface area contributed by atoms with E-state index in [1.54, 1.807) is 12.1 Å². The molecule has 1 saturated carbocycles. The van der Waals surface area contributed by atoms with E-state index in [-0.39, 0.29) is 11.4 Å². The zero-order valence-corrected chi connectivity index (χ0v) is 12.2. The molecular formula is C14H20ClN3O. The molecule has 0 bridgehead atoms. The second-order valence-corrected chi connectivity index (χ2v) is 5.75. The third kappa shape index (κ3) is 3.60. The van der Waals surface area contributed by atoms with Crippen molar-refractivity contribution in [3.8, 4) is 0 Å². The number of aromatic nitrogens is 1. The van der Waals surface area contributed by atoms with Crippen molar-refractivity contribution in [1.29, 1.82) is 0 Å². The van der Waals surface area contributed by atoms with Gasteiger partial charge in [0.25, 0.3) is 5.91 Å². The molecular weight excluding hydrogens is 262 g/mol. The lowest BCUT2D eigenvalue weighted by atomic mass is 9.78. The first-order valence-corrected chi connectivity index (χ1v) is 7.14. The highest BCUT2D eigenvalue weighted by molar-refractivity contribution is 6.29. The summed E-state index contributed by atoms with van der Waals surface area (Å²) in [4.78, 5) is 16.4. The molecule has 1 fully saturated rings. The molecule has 4 nitrogen and oxygen atoms in total. The highest BCUT2D eigenvalue weighted by atomic mass is 35.5. The van der Waals surface area contributed by atoms with Gasteiger partial charge in [-0.05, 0) is 44.7 Å². The van der Waals surface area contributed by atoms with Gasteiger partial charge in [-0.2, -0.15) is 0 Å². The van der Waals surface area contributed by atoms with Crippen LogP contribution in [0.2, 0.25) is 5.15 Å². The van der Waals surface area contributed by atoms with Gasteiger partial charge in [0.05, 0.1) is 0 Å². The zero-order valence-electron chi connectivity index (χ0n) is 11.4. The molecule has 0 aromatic carbocycles. The summed E-state index contributed by atoms with van der Waals surface area (Å²) in [5.74, 6) is 0.573. The molecule has 104 valence electrons. The summed E-state index contributed by atoms with van der Waals surface area (Å²) < 4.78 is 0. The number of hydrogen-bond donors (Lipinski definition) is 2. The summed E-state index contributed by atoms with van der Waals surface area (Å²) in [7, 11) is 0. The number of anilines is 1. The van der Waals surface area contributed by atoms with Crippen LogP contribution in [0.5, 0.6) is 0 Å². The number of hydrogen-bond acceptors (Lipinski definition) is 3. The van der Waals surface area contributed by atoms with E-state index in [2.05, 4.69) is 29.5 Å². The zero-order chi connectivity index (χ0) is 13.9. The van der Waals surface area contributed by atoms with Gasteiger partial charge in [0.1, 0.15) is 11.0 Å². The lowest BCUT2D eigenvalue weighted by Crippen LogP contribution is -2.50. The van der Waals surface area contributed by atoms with Gasteiger partial charge in [-0.1, -0.05) is 18.5 Å². The number of carbonyl (C=O) groups excluding carboxylic acids is 1. The normalized spacial score (nSPS) is 16.6. The van der Waals surface area contributed by atoms with Crippen molar-refractivity contribution in [2.75, 3.05) is 11.9 Å². The van der Waals surface area contributed by atoms with E-state index in [4.69, 9.17) is 11.6 Å². The topological polar surface area (TPSA) is 54.0 Å². The second kappa shape index (κ2) is 5.78. The molecule has 0 unspecified atom stereocenters. The van der Waals surface area contributed by atoms with E-state index >= 15 is 0 Å². The highest BCUT2D eigenvalue weighted by Crippen LogP contribution is 2.31. The molecule has 5 heteroatoms. The first-order valence-electron chi connectivity index (χ1n) is 6.76. The van der Waals surface area contributed by atoms with Crippen LogP contribution in [0.15, 0.2) is 12.1 Å². The van der Waals surface area contributed by atoms with Crippen molar-refractivity contribution in [3.05, 3.63) is 22.8 Å². The Morgan fingerprint density at radius 2 is 2.21 bits per heavy atom. The first-order chi connectivity index (χ1) is 9.02. The monoisotopic (exact) mass is 281 g/mol. The van der Waals surface area contributed by atoms with Gasteiger partial charge in [-0.15, -0.1) is 0 Å². The fraction of sp³-hybridized carbons (Fsp3) is 0.571. The second-order valence-electron chi connectivity index (χ2n) is 5.36. The third-order valence-electron chi connectivity index (χ3n) is 3.48. The summed E-state index contributed by atoms with van der Waals surface area (Å²) in [6, 6.07) is 3.36. The number of amides is 1. The van der Waals surface area contributed by atoms with Gasteiger partial charge in [0, 0.05) is 17.6 Å². The Morgan fingerprint density at radius 1 is 1.47 bits per heavy atom. The number of nitrogens with one attached hydrogen (secondary N) is 2. The van der Waals surface area contributed by atoms with Crippen LogP contribution in [0.3, 0.4) is 0 Å². The number of rotatable bonds is 5. The third-order valence-corrected chi connectivity index (χ3v) is 3.68. The summed E-state index contributed by atoms with van der Waals surface area (Å²) in [6.45, 7) is 4.96. The minimum Gasteiger partial charge on any atom is -0.370 e. The minimum atomic E-state index is -0.0777. The number of halogens is 1. The van der Waals surface area contributed by atoms with Crippen LogP contribution in [0.1, 0.15) is 49.9 Å². The lowest BCUT2D eigenvalue weighted by molar-refractivity contribution is 0.0850. The van der Waals surface area contributed by atoms with Gasteiger partial charge < -0.3 is 10.6 Å². The molecule has 1 aromatic heterocycles. The maximum Gasteiger partial charge on any atom is 0.251 e. The van der Waals surface area contributed by atoms with Crippen molar-refractivity contribution in [3.63, 3.8) is 0 Å². The number of nitrogens with zero attached hydrogens (tertiary/aromatic N) is 1. The van der Waals surface area contributed by atoms with Crippen molar-refractivity contribution in [2.45, 2.75) is 45.1 Å². The first kappa shape index (κ1) is 14.1. The van der Waals surface area contributed by atoms with Gasteiger partial charge in [0.15, 0.2) is 0 Å². The Labute approximate surface area is 118 Å². The summed E-state index contributed by atoms with van der Waals surface area (Å²) in [5.41, 5.74) is 0.510. The molecule has 1 amide bonds. The highest BCUT2D eigenvalue weighted by Gasteiger charge is 2.33. The predicted octanol–water partition coefficient (Wildman–Crippen LogP) is 3.23.